The summed E-state index contributed by atoms with van der Waals surface area (Å²) in [6, 6.07) is 5.95. The summed E-state index contributed by atoms with van der Waals surface area (Å²) in [6.07, 6.45) is 7.09. The van der Waals surface area contributed by atoms with Crippen LogP contribution in [0.4, 0.5) is 0 Å². The Labute approximate surface area is 138 Å². The maximum Gasteiger partial charge on any atom is 0.0873 e. The van der Waals surface area contributed by atoms with E-state index in [0.29, 0.717) is 10.0 Å². The Hall–Kier alpha value is -0.280. The van der Waals surface area contributed by atoms with Crippen molar-refractivity contribution in [2.75, 3.05) is 13.7 Å². The Morgan fingerprint density at radius 1 is 1.19 bits per heavy atom. The van der Waals surface area contributed by atoms with E-state index < -0.39 is 0 Å². The summed E-state index contributed by atoms with van der Waals surface area (Å²) >= 11 is 12.7. The summed E-state index contributed by atoms with van der Waals surface area (Å²) in [6.45, 7) is 2.99. The standard InChI is InChI=1S/C17H25Cl2NO/c1-3-20-16(13-9-8-10-14(18)15(13)19)17(21-2)11-6-4-5-7-12-17/h8-10,16,20H,3-7,11-12H2,1-2H3. The fourth-order valence-corrected chi connectivity index (χ4v) is 3.88. The normalized spacial score (nSPS) is 20.0. The van der Waals surface area contributed by atoms with Crippen molar-refractivity contribution in [2.24, 2.45) is 0 Å². The first kappa shape index (κ1) is 17.1. The van der Waals surface area contributed by atoms with Gasteiger partial charge in [-0.2, -0.15) is 0 Å². The molecular formula is C17H25Cl2NO. The van der Waals surface area contributed by atoms with E-state index in [0.717, 1.165) is 24.9 Å². The highest BCUT2D eigenvalue weighted by molar-refractivity contribution is 6.42. The Morgan fingerprint density at radius 3 is 2.43 bits per heavy atom. The third-order valence-electron chi connectivity index (χ3n) is 4.58. The van der Waals surface area contributed by atoms with E-state index in [-0.39, 0.29) is 11.6 Å². The number of rotatable bonds is 5. The van der Waals surface area contributed by atoms with E-state index in [9.17, 15) is 0 Å². The smallest absolute Gasteiger partial charge is 0.0873 e. The van der Waals surface area contributed by atoms with Crippen molar-refractivity contribution in [3.05, 3.63) is 33.8 Å². The summed E-state index contributed by atoms with van der Waals surface area (Å²) in [4.78, 5) is 0. The van der Waals surface area contributed by atoms with Crippen LogP contribution in [0.3, 0.4) is 0 Å². The number of hydrogen-bond donors (Lipinski definition) is 1. The molecule has 1 aromatic carbocycles. The molecule has 1 aliphatic carbocycles. The van der Waals surface area contributed by atoms with Crippen LogP contribution in [0.25, 0.3) is 0 Å². The molecule has 1 N–H and O–H groups in total. The van der Waals surface area contributed by atoms with Gasteiger partial charge in [-0.05, 0) is 31.0 Å². The Balaban J connectivity index is 2.42. The lowest BCUT2D eigenvalue weighted by molar-refractivity contribution is -0.0536. The van der Waals surface area contributed by atoms with Crippen LogP contribution < -0.4 is 5.32 Å². The van der Waals surface area contributed by atoms with Crippen LogP contribution in [-0.4, -0.2) is 19.3 Å². The monoisotopic (exact) mass is 329 g/mol. The number of ether oxygens (including phenoxy) is 1. The third kappa shape index (κ3) is 3.73. The predicted molar refractivity (Wildman–Crippen MR) is 90.3 cm³/mol. The molecule has 2 nitrogen and oxygen atoms in total. The van der Waals surface area contributed by atoms with Gasteiger partial charge in [-0.1, -0.05) is 67.9 Å². The Kier molecular flexibility index (Phi) is 6.36. The van der Waals surface area contributed by atoms with Crippen molar-refractivity contribution < 1.29 is 4.74 Å². The number of likely N-dealkylation sites (N-methyl/N-ethyl adjacent to an activating group) is 1. The second-order valence-corrected chi connectivity index (χ2v) is 6.60. The minimum absolute atomic E-state index is 0.0804. The van der Waals surface area contributed by atoms with Crippen molar-refractivity contribution in [3.8, 4) is 0 Å². The molecule has 1 atom stereocenters. The van der Waals surface area contributed by atoms with E-state index >= 15 is 0 Å². The minimum Gasteiger partial charge on any atom is -0.376 e. The number of hydrogen-bond acceptors (Lipinski definition) is 2. The van der Waals surface area contributed by atoms with E-state index in [1.807, 2.05) is 19.2 Å². The predicted octanol–water partition coefficient (Wildman–Crippen LogP) is 5.38. The van der Waals surface area contributed by atoms with E-state index in [4.69, 9.17) is 27.9 Å². The highest BCUT2D eigenvalue weighted by Gasteiger charge is 2.40. The van der Waals surface area contributed by atoms with Crippen molar-refractivity contribution >= 4 is 23.2 Å². The molecule has 2 rings (SSSR count). The fourth-order valence-electron chi connectivity index (χ4n) is 3.46. The molecule has 1 aliphatic rings. The van der Waals surface area contributed by atoms with Gasteiger partial charge in [-0.15, -0.1) is 0 Å². The van der Waals surface area contributed by atoms with E-state index in [1.54, 1.807) is 0 Å². The number of methoxy groups -OCH3 is 1. The maximum atomic E-state index is 6.48. The topological polar surface area (TPSA) is 21.3 Å². The SMILES string of the molecule is CCNC(c1cccc(Cl)c1Cl)C1(OC)CCCCCC1. The van der Waals surface area contributed by atoms with Gasteiger partial charge in [-0.3, -0.25) is 0 Å². The number of nitrogens with one attached hydrogen (secondary N) is 1. The summed E-state index contributed by atoms with van der Waals surface area (Å²) < 4.78 is 6.06. The van der Waals surface area contributed by atoms with Crippen LogP contribution >= 0.6 is 23.2 Å². The second kappa shape index (κ2) is 7.82. The van der Waals surface area contributed by atoms with Gasteiger partial charge in [-0.25, -0.2) is 0 Å². The minimum atomic E-state index is -0.194. The van der Waals surface area contributed by atoms with Crippen molar-refractivity contribution in [1.82, 2.24) is 5.32 Å². The van der Waals surface area contributed by atoms with Gasteiger partial charge in [0.15, 0.2) is 0 Å². The number of halogens is 2. The molecule has 0 saturated heterocycles. The van der Waals surface area contributed by atoms with Gasteiger partial charge in [0.05, 0.1) is 21.7 Å². The maximum absolute atomic E-state index is 6.48. The Bertz CT molecular complexity index is 456. The lowest BCUT2D eigenvalue weighted by atomic mass is 9.82. The molecule has 1 aromatic rings. The molecule has 118 valence electrons. The van der Waals surface area contributed by atoms with Crippen LogP contribution in [0.15, 0.2) is 18.2 Å². The first-order valence-electron chi connectivity index (χ1n) is 7.87. The highest BCUT2D eigenvalue weighted by atomic mass is 35.5. The summed E-state index contributed by atoms with van der Waals surface area (Å²) in [5.74, 6) is 0. The zero-order valence-electron chi connectivity index (χ0n) is 12.9. The van der Waals surface area contributed by atoms with Crippen molar-refractivity contribution in [3.63, 3.8) is 0 Å². The van der Waals surface area contributed by atoms with Gasteiger partial charge in [0.1, 0.15) is 0 Å². The van der Waals surface area contributed by atoms with E-state index in [2.05, 4.69) is 18.3 Å². The van der Waals surface area contributed by atoms with Crippen LogP contribution in [0.5, 0.6) is 0 Å². The second-order valence-electron chi connectivity index (χ2n) is 5.82. The summed E-state index contributed by atoms with van der Waals surface area (Å²) in [7, 11) is 1.83. The number of benzene rings is 1. The average Bonchev–Trinajstić information content (AvgIpc) is 2.74. The zero-order valence-corrected chi connectivity index (χ0v) is 14.4. The van der Waals surface area contributed by atoms with Gasteiger partial charge in [0.25, 0.3) is 0 Å². The van der Waals surface area contributed by atoms with Crippen molar-refractivity contribution in [2.45, 2.75) is 57.1 Å². The van der Waals surface area contributed by atoms with Crippen LogP contribution in [0.2, 0.25) is 10.0 Å². The molecule has 21 heavy (non-hydrogen) atoms. The van der Waals surface area contributed by atoms with Gasteiger partial charge >= 0.3 is 0 Å². The molecule has 0 aliphatic heterocycles. The molecule has 0 heterocycles. The molecule has 4 heteroatoms. The molecule has 1 saturated carbocycles. The molecule has 0 amide bonds. The zero-order chi connectivity index (χ0) is 15.3. The molecule has 0 aromatic heterocycles. The third-order valence-corrected chi connectivity index (χ3v) is 5.42. The van der Waals surface area contributed by atoms with Gasteiger partial charge in [0.2, 0.25) is 0 Å². The molecular weight excluding hydrogens is 305 g/mol. The largest absolute Gasteiger partial charge is 0.376 e. The molecule has 0 spiro atoms. The van der Waals surface area contributed by atoms with Gasteiger partial charge in [0, 0.05) is 7.11 Å². The quantitative estimate of drug-likeness (QED) is 0.732. The highest BCUT2D eigenvalue weighted by Crippen LogP contribution is 2.43. The lowest BCUT2D eigenvalue weighted by Crippen LogP contribution is -2.45. The van der Waals surface area contributed by atoms with Gasteiger partial charge < -0.3 is 10.1 Å². The molecule has 0 bridgehead atoms. The lowest BCUT2D eigenvalue weighted by Gasteiger charge is -2.40. The Morgan fingerprint density at radius 2 is 1.86 bits per heavy atom. The van der Waals surface area contributed by atoms with Crippen molar-refractivity contribution in [1.29, 1.82) is 0 Å². The van der Waals surface area contributed by atoms with Crippen LogP contribution in [-0.2, 0) is 4.74 Å². The molecule has 1 fully saturated rings. The summed E-state index contributed by atoms with van der Waals surface area (Å²) in [5.41, 5.74) is 0.857. The fraction of sp³-hybridized carbons (Fsp3) is 0.647. The van der Waals surface area contributed by atoms with E-state index in [1.165, 1.54) is 25.7 Å². The molecule has 1 unspecified atom stereocenters. The first-order chi connectivity index (χ1) is 10.1. The van der Waals surface area contributed by atoms with Crippen LogP contribution in [0, 0.1) is 0 Å². The van der Waals surface area contributed by atoms with Crippen LogP contribution in [0.1, 0.15) is 57.1 Å². The first-order valence-corrected chi connectivity index (χ1v) is 8.62. The average molecular weight is 330 g/mol. The summed E-state index contributed by atoms with van der Waals surface area (Å²) in [5, 5.41) is 4.84. The molecule has 0 radical (unpaired) electrons.